The van der Waals surface area contributed by atoms with Gasteiger partial charge in [0.25, 0.3) is 0 Å². The van der Waals surface area contributed by atoms with Crippen LogP contribution >= 0.6 is 0 Å². The minimum atomic E-state index is -0.281. The van der Waals surface area contributed by atoms with Crippen molar-refractivity contribution in [1.29, 1.82) is 0 Å². The molecule has 0 saturated carbocycles. The van der Waals surface area contributed by atoms with Crippen LogP contribution in [0.2, 0.25) is 0 Å². The van der Waals surface area contributed by atoms with E-state index in [9.17, 15) is 4.79 Å². The molecule has 0 N–H and O–H groups in total. The van der Waals surface area contributed by atoms with E-state index in [0.717, 1.165) is 22.2 Å². The Labute approximate surface area is 141 Å². The number of benzene rings is 2. The molecule has 3 aromatic rings. The van der Waals surface area contributed by atoms with Crippen molar-refractivity contribution in [3.05, 3.63) is 60.2 Å². The summed E-state index contributed by atoms with van der Waals surface area (Å²) in [5, 5.41) is 2.35. The standard InChI is InChI=1S/C20H19NO3/c1-3-24-19(22)13-17-10-11-18(21-20(17)23-2)16-9-8-14-6-4-5-7-15(14)12-16/h4-12H,3,13H2,1-2H3. The predicted molar refractivity (Wildman–Crippen MR) is 94.1 cm³/mol. The lowest BCUT2D eigenvalue weighted by Gasteiger charge is -2.10. The normalized spacial score (nSPS) is 10.6. The van der Waals surface area contributed by atoms with Gasteiger partial charge >= 0.3 is 5.97 Å². The number of nitrogens with zero attached hydrogens (tertiary/aromatic N) is 1. The largest absolute Gasteiger partial charge is 0.481 e. The van der Waals surface area contributed by atoms with Crippen LogP contribution in [0.4, 0.5) is 0 Å². The van der Waals surface area contributed by atoms with Crippen LogP contribution in [-0.2, 0) is 16.0 Å². The summed E-state index contributed by atoms with van der Waals surface area (Å²) in [4.78, 5) is 16.2. The SMILES string of the molecule is CCOC(=O)Cc1ccc(-c2ccc3ccccc3c2)nc1OC. The van der Waals surface area contributed by atoms with Crippen LogP contribution in [0.1, 0.15) is 12.5 Å². The summed E-state index contributed by atoms with van der Waals surface area (Å²) in [6.45, 7) is 2.15. The molecule has 24 heavy (non-hydrogen) atoms. The van der Waals surface area contributed by atoms with Gasteiger partial charge in [-0.1, -0.05) is 42.5 Å². The zero-order chi connectivity index (χ0) is 16.9. The van der Waals surface area contributed by atoms with Gasteiger partial charge < -0.3 is 9.47 Å². The van der Waals surface area contributed by atoms with E-state index in [2.05, 4.69) is 29.2 Å². The number of pyridine rings is 1. The number of ether oxygens (including phenoxy) is 2. The molecule has 0 radical (unpaired) electrons. The highest BCUT2D eigenvalue weighted by Gasteiger charge is 2.12. The Bertz CT molecular complexity index is 874. The van der Waals surface area contributed by atoms with Gasteiger partial charge in [-0.05, 0) is 29.8 Å². The molecular weight excluding hydrogens is 302 g/mol. The van der Waals surface area contributed by atoms with Crippen LogP contribution in [0.5, 0.6) is 5.88 Å². The maximum absolute atomic E-state index is 11.7. The van der Waals surface area contributed by atoms with Crippen molar-refractivity contribution in [1.82, 2.24) is 4.98 Å². The second-order valence-corrected chi connectivity index (χ2v) is 5.41. The van der Waals surface area contributed by atoms with E-state index in [1.165, 1.54) is 5.39 Å². The molecule has 3 rings (SSSR count). The molecule has 0 aliphatic carbocycles. The third-order valence-electron chi connectivity index (χ3n) is 3.82. The van der Waals surface area contributed by atoms with Crippen molar-refractivity contribution in [2.24, 2.45) is 0 Å². The van der Waals surface area contributed by atoms with Crippen LogP contribution in [0.3, 0.4) is 0 Å². The summed E-state index contributed by atoms with van der Waals surface area (Å²) < 4.78 is 10.3. The van der Waals surface area contributed by atoms with Crippen LogP contribution in [0.25, 0.3) is 22.0 Å². The maximum atomic E-state index is 11.7. The highest BCUT2D eigenvalue weighted by atomic mass is 16.5. The van der Waals surface area contributed by atoms with E-state index < -0.39 is 0 Å². The smallest absolute Gasteiger partial charge is 0.310 e. The first-order valence-electron chi connectivity index (χ1n) is 7.90. The number of carbonyl (C=O) groups excluding carboxylic acids is 1. The van der Waals surface area contributed by atoms with Crippen LogP contribution in [0, 0.1) is 0 Å². The molecule has 0 fully saturated rings. The summed E-state index contributed by atoms with van der Waals surface area (Å²) in [7, 11) is 1.56. The molecule has 0 aliphatic rings. The molecule has 0 unspecified atom stereocenters. The third kappa shape index (κ3) is 3.38. The average Bonchev–Trinajstić information content (AvgIpc) is 2.62. The second kappa shape index (κ2) is 7.13. The Kier molecular flexibility index (Phi) is 4.75. The van der Waals surface area contributed by atoms with Crippen molar-refractivity contribution < 1.29 is 14.3 Å². The lowest BCUT2D eigenvalue weighted by Crippen LogP contribution is -2.09. The first kappa shape index (κ1) is 16.0. The number of rotatable bonds is 5. The second-order valence-electron chi connectivity index (χ2n) is 5.41. The first-order valence-corrected chi connectivity index (χ1v) is 7.90. The topological polar surface area (TPSA) is 48.4 Å². The van der Waals surface area contributed by atoms with Gasteiger partial charge in [0, 0.05) is 11.1 Å². The van der Waals surface area contributed by atoms with E-state index in [-0.39, 0.29) is 12.4 Å². The van der Waals surface area contributed by atoms with Crippen LogP contribution in [0.15, 0.2) is 54.6 Å². The summed E-state index contributed by atoms with van der Waals surface area (Å²) in [6.07, 6.45) is 0.155. The summed E-state index contributed by atoms with van der Waals surface area (Å²) in [6, 6.07) is 18.2. The predicted octanol–water partition coefficient (Wildman–Crippen LogP) is 4.02. The molecule has 0 spiro atoms. The van der Waals surface area contributed by atoms with Gasteiger partial charge in [0.2, 0.25) is 5.88 Å². The molecule has 1 aromatic heterocycles. The number of hydrogen-bond acceptors (Lipinski definition) is 4. The third-order valence-corrected chi connectivity index (χ3v) is 3.82. The summed E-state index contributed by atoms with van der Waals surface area (Å²) in [5.74, 6) is 0.171. The van der Waals surface area contributed by atoms with Gasteiger partial charge in [-0.15, -0.1) is 0 Å². The molecule has 0 amide bonds. The average molecular weight is 321 g/mol. The minimum absolute atomic E-state index is 0.155. The van der Waals surface area contributed by atoms with Gasteiger partial charge in [-0.3, -0.25) is 4.79 Å². The van der Waals surface area contributed by atoms with E-state index >= 15 is 0 Å². The van der Waals surface area contributed by atoms with Crippen LogP contribution in [-0.4, -0.2) is 24.7 Å². The number of esters is 1. The molecule has 122 valence electrons. The summed E-state index contributed by atoms with van der Waals surface area (Å²) >= 11 is 0. The van der Waals surface area contributed by atoms with Crippen molar-refractivity contribution in [2.45, 2.75) is 13.3 Å². The summed E-state index contributed by atoms with van der Waals surface area (Å²) in [5.41, 5.74) is 2.54. The highest BCUT2D eigenvalue weighted by molar-refractivity contribution is 5.86. The fraction of sp³-hybridized carbons (Fsp3) is 0.200. The van der Waals surface area contributed by atoms with E-state index in [0.29, 0.717) is 12.5 Å². The molecule has 0 aliphatic heterocycles. The molecule has 1 heterocycles. The zero-order valence-electron chi connectivity index (χ0n) is 13.8. The highest BCUT2D eigenvalue weighted by Crippen LogP contribution is 2.26. The lowest BCUT2D eigenvalue weighted by atomic mass is 10.0. The molecule has 0 atom stereocenters. The Morgan fingerprint density at radius 3 is 2.58 bits per heavy atom. The van der Waals surface area contributed by atoms with Gasteiger partial charge in [-0.2, -0.15) is 0 Å². The molecular formula is C20H19NO3. The van der Waals surface area contributed by atoms with Crippen molar-refractivity contribution in [3.63, 3.8) is 0 Å². The van der Waals surface area contributed by atoms with Gasteiger partial charge in [0.05, 0.1) is 25.8 Å². The minimum Gasteiger partial charge on any atom is -0.481 e. The van der Waals surface area contributed by atoms with E-state index in [4.69, 9.17) is 9.47 Å². The number of carbonyl (C=O) groups is 1. The monoisotopic (exact) mass is 321 g/mol. The van der Waals surface area contributed by atoms with Crippen molar-refractivity contribution in [3.8, 4) is 17.1 Å². The van der Waals surface area contributed by atoms with Crippen molar-refractivity contribution in [2.75, 3.05) is 13.7 Å². The van der Waals surface area contributed by atoms with Gasteiger partial charge in [-0.25, -0.2) is 4.98 Å². The number of hydrogen-bond donors (Lipinski definition) is 0. The fourth-order valence-electron chi connectivity index (χ4n) is 2.66. The molecule has 4 heteroatoms. The Hall–Kier alpha value is -2.88. The van der Waals surface area contributed by atoms with E-state index in [1.807, 2.05) is 30.3 Å². The Morgan fingerprint density at radius 1 is 1.04 bits per heavy atom. The fourth-order valence-corrected chi connectivity index (χ4v) is 2.66. The van der Waals surface area contributed by atoms with Crippen LogP contribution < -0.4 is 4.74 Å². The number of aromatic nitrogens is 1. The molecule has 0 saturated heterocycles. The number of methoxy groups -OCH3 is 1. The zero-order valence-corrected chi connectivity index (χ0v) is 13.8. The van der Waals surface area contributed by atoms with E-state index in [1.54, 1.807) is 14.0 Å². The van der Waals surface area contributed by atoms with Gasteiger partial charge in [0.15, 0.2) is 0 Å². The molecule has 0 bridgehead atoms. The number of fused-ring (bicyclic) bond motifs is 1. The quantitative estimate of drug-likeness (QED) is 0.666. The lowest BCUT2D eigenvalue weighted by molar-refractivity contribution is -0.142. The van der Waals surface area contributed by atoms with Gasteiger partial charge in [0.1, 0.15) is 0 Å². The first-order chi connectivity index (χ1) is 11.7. The Morgan fingerprint density at radius 2 is 1.83 bits per heavy atom. The molecule has 2 aromatic carbocycles. The maximum Gasteiger partial charge on any atom is 0.310 e. The molecule has 4 nitrogen and oxygen atoms in total. The Balaban J connectivity index is 1.94. The van der Waals surface area contributed by atoms with Crippen molar-refractivity contribution >= 4 is 16.7 Å².